The van der Waals surface area contributed by atoms with Crippen LogP contribution in [-0.2, 0) is 6.42 Å². The average molecular weight is 357 g/mol. The molecule has 2 rings (SSSR count). The van der Waals surface area contributed by atoms with Gasteiger partial charge in [0.2, 0.25) is 0 Å². The summed E-state index contributed by atoms with van der Waals surface area (Å²) in [6, 6.07) is 6.10. The molecule has 3 nitrogen and oxygen atoms in total. The molecule has 0 saturated carbocycles. The van der Waals surface area contributed by atoms with Crippen LogP contribution in [0.25, 0.3) is 11.1 Å². The minimum Gasteiger partial charge on any atom is -0.478 e. The molecule has 0 aliphatic heterocycles. The van der Waals surface area contributed by atoms with Crippen molar-refractivity contribution in [1.29, 1.82) is 0 Å². The van der Waals surface area contributed by atoms with Crippen LogP contribution >= 0.6 is 0 Å². The summed E-state index contributed by atoms with van der Waals surface area (Å²) in [6.45, 7) is 10.2. The molecule has 0 fully saturated rings. The van der Waals surface area contributed by atoms with Crippen molar-refractivity contribution in [2.24, 2.45) is 0 Å². The van der Waals surface area contributed by atoms with E-state index in [0.29, 0.717) is 11.3 Å². The van der Waals surface area contributed by atoms with E-state index in [4.69, 9.17) is 4.98 Å². The zero-order valence-corrected chi connectivity index (χ0v) is 16.3. The van der Waals surface area contributed by atoms with E-state index in [1.165, 1.54) is 12.1 Å². The SMILES string of the molecule is CCCCc1c(C(C)C)nc(C(C)C)c(C(=O)O)c1-c1ccc(F)cc1. The van der Waals surface area contributed by atoms with Gasteiger partial charge in [-0.15, -0.1) is 0 Å². The maximum atomic E-state index is 13.5. The van der Waals surface area contributed by atoms with E-state index in [9.17, 15) is 14.3 Å². The number of benzene rings is 1. The number of pyridine rings is 1. The fraction of sp³-hybridized carbons (Fsp3) is 0.455. The highest BCUT2D eigenvalue weighted by atomic mass is 19.1. The Balaban J connectivity index is 2.92. The number of aromatic carboxylic acids is 1. The van der Waals surface area contributed by atoms with Crippen LogP contribution < -0.4 is 0 Å². The summed E-state index contributed by atoms with van der Waals surface area (Å²) in [6.07, 6.45) is 2.73. The molecular weight excluding hydrogens is 329 g/mol. The molecule has 1 aromatic heterocycles. The van der Waals surface area contributed by atoms with Crippen molar-refractivity contribution >= 4 is 5.97 Å². The molecule has 0 radical (unpaired) electrons. The molecule has 0 aliphatic carbocycles. The number of unbranched alkanes of at least 4 members (excludes halogenated alkanes) is 1. The van der Waals surface area contributed by atoms with Gasteiger partial charge >= 0.3 is 5.97 Å². The molecule has 1 heterocycles. The van der Waals surface area contributed by atoms with Gasteiger partial charge in [0.1, 0.15) is 5.82 Å². The smallest absolute Gasteiger partial charge is 0.338 e. The van der Waals surface area contributed by atoms with E-state index in [2.05, 4.69) is 20.8 Å². The van der Waals surface area contributed by atoms with E-state index in [1.807, 2.05) is 13.8 Å². The second-order valence-corrected chi connectivity index (χ2v) is 7.34. The van der Waals surface area contributed by atoms with Crippen molar-refractivity contribution in [3.63, 3.8) is 0 Å². The van der Waals surface area contributed by atoms with E-state index < -0.39 is 5.97 Å². The van der Waals surface area contributed by atoms with E-state index in [0.717, 1.165) is 36.1 Å². The Hall–Kier alpha value is -2.23. The molecule has 0 atom stereocenters. The van der Waals surface area contributed by atoms with Crippen LogP contribution in [0.1, 0.15) is 86.6 Å². The van der Waals surface area contributed by atoms with Crippen LogP contribution in [0.3, 0.4) is 0 Å². The lowest BCUT2D eigenvalue weighted by Crippen LogP contribution is -2.15. The van der Waals surface area contributed by atoms with Crippen LogP contribution in [0.5, 0.6) is 0 Å². The first kappa shape index (κ1) is 20.1. The van der Waals surface area contributed by atoms with Crippen molar-refractivity contribution in [3.8, 4) is 11.1 Å². The van der Waals surface area contributed by atoms with E-state index in [-0.39, 0.29) is 23.2 Å². The molecule has 1 aromatic carbocycles. The Bertz CT molecular complexity index is 780. The fourth-order valence-corrected chi connectivity index (χ4v) is 3.31. The van der Waals surface area contributed by atoms with Crippen molar-refractivity contribution in [2.75, 3.05) is 0 Å². The Kier molecular flexibility index (Phi) is 6.52. The Morgan fingerprint density at radius 3 is 2.12 bits per heavy atom. The van der Waals surface area contributed by atoms with Gasteiger partial charge in [0, 0.05) is 11.3 Å². The lowest BCUT2D eigenvalue weighted by atomic mass is 9.85. The Morgan fingerprint density at radius 1 is 1.08 bits per heavy atom. The predicted molar refractivity (Wildman–Crippen MR) is 103 cm³/mol. The Labute approximate surface area is 155 Å². The summed E-state index contributed by atoms with van der Waals surface area (Å²) in [7, 11) is 0. The van der Waals surface area contributed by atoms with Gasteiger partial charge in [0.25, 0.3) is 0 Å². The van der Waals surface area contributed by atoms with Crippen molar-refractivity contribution in [3.05, 3.63) is 52.6 Å². The molecule has 140 valence electrons. The monoisotopic (exact) mass is 357 g/mol. The molecule has 0 bridgehead atoms. The number of halogens is 1. The summed E-state index contributed by atoms with van der Waals surface area (Å²) in [4.78, 5) is 17.0. The number of carboxylic acid groups (broad SMARTS) is 1. The molecule has 4 heteroatoms. The van der Waals surface area contributed by atoms with Gasteiger partial charge in [-0.3, -0.25) is 4.98 Å². The summed E-state index contributed by atoms with van der Waals surface area (Å²) in [5.74, 6) is -1.14. The lowest BCUT2D eigenvalue weighted by Gasteiger charge is -2.23. The van der Waals surface area contributed by atoms with Crippen LogP contribution in [0.15, 0.2) is 24.3 Å². The zero-order valence-electron chi connectivity index (χ0n) is 16.3. The normalized spacial score (nSPS) is 11.4. The first-order chi connectivity index (χ1) is 12.3. The van der Waals surface area contributed by atoms with Gasteiger partial charge in [-0.1, -0.05) is 53.2 Å². The first-order valence-electron chi connectivity index (χ1n) is 9.33. The van der Waals surface area contributed by atoms with Gasteiger partial charge in [0.15, 0.2) is 0 Å². The highest BCUT2D eigenvalue weighted by molar-refractivity contribution is 5.98. The average Bonchev–Trinajstić information content (AvgIpc) is 2.58. The molecule has 26 heavy (non-hydrogen) atoms. The second kappa shape index (κ2) is 8.43. The van der Waals surface area contributed by atoms with Gasteiger partial charge < -0.3 is 5.11 Å². The predicted octanol–water partition coefficient (Wildman–Crippen LogP) is 6.18. The number of nitrogens with zero attached hydrogens (tertiary/aromatic N) is 1. The molecule has 0 unspecified atom stereocenters. The lowest BCUT2D eigenvalue weighted by molar-refractivity contribution is 0.0695. The van der Waals surface area contributed by atoms with Gasteiger partial charge in [0.05, 0.1) is 11.3 Å². The topological polar surface area (TPSA) is 50.2 Å². The number of hydrogen-bond donors (Lipinski definition) is 1. The maximum Gasteiger partial charge on any atom is 0.338 e. The number of carboxylic acids is 1. The summed E-state index contributed by atoms with van der Waals surface area (Å²) < 4.78 is 13.5. The van der Waals surface area contributed by atoms with Crippen LogP contribution in [0, 0.1) is 5.82 Å². The highest BCUT2D eigenvalue weighted by Crippen LogP contribution is 2.37. The third-order valence-electron chi connectivity index (χ3n) is 4.58. The van der Waals surface area contributed by atoms with Crippen LogP contribution in [0.2, 0.25) is 0 Å². The summed E-state index contributed by atoms with van der Waals surface area (Å²) >= 11 is 0. The molecule has 0 aliphatic rings. The first-order valence-corrected chi connectivity index (χ1v) is 9.33. The standard InChI is InChI=1S/C22H28FNO2/c1-6-7-8-17-18(15-9-11-16(23)12-10-15)19(22(25)26)21(14(4)5)24-20(17)13(2)3/h9-14H,6-8H2,1-5H3,(H,25,26). The highest BCUT2D eigenvalue weighted by Gasteiger charge is 2.27. The van der Waals surface area contributed by atoms with Gasteiger partial charge in [-0.2, -0.15) is 0 Å². The zero-order chi connectivity index (χ0) is 19.4. The van der Waals surface area contributed by atoms with E-state index in [1.54, 1.807) is 12.1 Å². The second-order valence-electron chi connectivity index (χ2n) is 7.34. The van der Waals surface area contributed by atoms with Crippen molar-refractivity contribution < 1.29 is 14.3 Å². The minimum atomic E-state index is -0.978. The maximum absolute atomic E-state index is 13.5. The van der Waals surface area contributed by atoms with Gasteiger partial charge in [-0.05, 0) is 47.9 Å². The summed E-state index contributed by atoms with van der Waals surface area (Å²) in [5, 5.41) is 9.98. The van der Waals surface area contributed by atoms with Crippen LogP contribution in [0.4, 0.5) is 4.39 Å². The molecule has 0 amide bonds. The molecule has 0 saturated heterocycles. The third-order valence-corrected chi connectivity index (χ3v) is 4.58. The Morgan fingerprint density at radius 2 is 1.65 bits per heavy atom. The quantitative estimate of drug-likeness (QED) is 0.644. The van der Waals surface area contributed by atoms with Crippen molar-refractivity contribution in [2.45, 2.75) is 65.7 Å². The van der Waals surface area contributed by atoms with Crippen molar-refractivity contribution in [1.82, 2.24) is 4.98 Å². The molecule has 1 N–H and O–H groups in total. The molecular formula is C22H28FNO2. The number of rotatable bonds is 7. The number of hydrogen-bond acceptors (Lipinski definition) is 2. The van der Waals surface area contributed by atoms with Gasteiger partial charge in [-0.25, -0.2) is 9.18 Å². The minimum absolute atomic E-state index is 0.0157. The molecule has 0 spiro atoms. The number of aromatic nitrogens is 1. The van der Waals surface area contributed by atoms with E-state index >= 15 is 0 Å². The fourth-order valence-electron chi connectivity index (χ4n) is 3.31. The van der Waals surface area contributed by atoms with Crippen LogP contribution in [-0.4, -0.2) is 16.1 Å². The molecule has 2 aromatic rings. The third kappa shape index (κ3) is 4.12. The number of carbonyl (C=O) groups is 1. The largest absolute Gasteiger partial charge is 0.478 e. The summed E-state index contributed by atoms with van der Waals surface area (Å²) in [5.41, 5.74) is 4.22.